The molecule has 136 valence electrons. The van der Waals surface area contributed by atoms with Crippen molar-refractivity contribution in [3.05, 3.63) is 0 Å². The van der Waals surface area contributed by atoms with Crippen molar-refractivity contribution in [2.45, 2.75) is 54.1 Å². The fraction of sp³-hybridized carbons (Fsp3) is 1.00. The molecular formula is C12H19Cl3O8. The smallest absolute Gasteiger partial charge is 0.214 e. The van der Waals surface area contributed by atoms with Crippen molar-refractivity contribution in [1.29, 1.82) is 0 Å². The number of aliphatic hydroxyl groups excluding tert-OH is 5. The highest BCUT2D eigenvalue weighted by atomic mass is 35.5. The maximum absolute atomic E-state index is 10.1. The zero-order valence-electron chi connectivity index (χ0n) is 11.8. The molecule has 0 saturated carbocycles. The second kappa shape index (κ2) is 7.84. The number of alkyl halides is 3. The molecule has 0 amide bonds. The molecule has 2 aliphatic rings. The van der Waals surface area contributed by atoms with Gasteiger partial charge in [-0.2, -0.15) is 0 Å². The first-order valence-corrected chi connectivity index (χ1v) is 8.42. The van der Waals surface area contributed by atoms with Gasteiger partial charge in [0.2, 0.25) is 5.79 Å². The van der Waals surface area contributed by atoms with Gasteiger partial charge in [-0.05, 0) is 0 Å². The Kier molecular flexibility index (Phi) is 6.77. The molecule has 0 aromatic heterocycles. The van der Waals surface area contributed by atoms with Crippen molar-refractivity contribution in [3.8, 4) is 0 Å². The van der Waals surface area contributed by atoms with Gasteiger partial charge in [-0.25, -0.2) is 0 Å². The SMILES string of the molecule is OC[C@@H]1O[C@@H](O[C@@]2(CCl)O[C@@H](CCl)[C@@H](O)[C@H]2O)[C@@H](O)[C@@H](O)[C@@H]1Cl. The number of ether oxygens (including phenoxy) is 3. The zero-order valence-corrected chi connectivity index (χ0v) is 14.1. The minimum absolute atomic E-state index is 0.125. The standard InChI is InChI=1S/C12H19Cl3O8/c13-1-4-7(17)10(20)12(3-14,22-4)23-11-9(19)8(18)6(15)5(2-16)21-11/h4-11,16-20H,1-3H2/t4-,5-,6+,7+,8-,9-,10+,11-,12+/m0/s1. The number of hydrogen-bond donors (Lipinski definition) is 5. The van der Waals surface area contributed by atoms with Crippen LogP contribution < -0.4 is 0 Å². The lowest BCUT2D eigenvalue weighted by atomic mass is 10.0. The average molecular weight is 398 g/mol. The highest BCUT2D eigenvalue weighted by Crippen LogP contribution is 2.37. The van der Waals surface area contributed by atoms with Gasteiger partial charge in [-0.3, -0.25) is 0 Å². The van der Waals surface area contributed by atoms with Crippen LogP contribution in [-0.2, 0) is 14.2 Å². The largest absolute Gasteiger partial charge is 0.394 e. The molecule has 2 heterocycles. The Labute approximate surface area is 147 Å². The molecule has 0 radical (unpaired) electrons. The van der Waals surface area contributed by atoms with E-state index in [-0.39, 0.29) is 5.88 Å². The molecule has 5 N–H and O–H groups in total. The molecule has 9 atom stereocenters. The lowest BCUT2D eigenvalue weighted by Gasteiger charge is -2.43. The Balaban J connectivity index is 2.18. The molecule has 2 rings (SSSR count). The van der Waals surface area contributed by atoms with Crippen LogP contribution in [0.2, 0.25) is 0 Å². The summed E-state index contributed by atoms with van der Waals surface area (Å²) in [5.41, 5.74) is 0. The van der Waals surface area contributed by atoms with Gasteiger partial charge in [0, 0.05) is 0 Å². The Morgan fingerprint density at radius 1 is 1.00 bits per heavy atom. The molecule has 2 aliphatic heterocycles. The summed E-state index contributed by atoms with van der Waals surface area (Å²) in [6.45, 7) is -0.526. The van der Waals surface area contributed by atoms with Crippen LogP contribution in [0.5, 0.6) is 0 Å². The minimum atomic E-state index is -1.90. The van der Waals surface area contributed by atoms with Crippen LogP contribution in [0.3, 0.4) is 0 Å². The molecule has 0 bridgehead atoms. The van der Waals surface area contributed by atoms with Gasteiger partial charge >= 0.3 is 0 Å². The maximum Gasteiger partial charge on any atom is 0.214 e. The molecule has 0 aromatic carbocycles. The van der Waals surface area contributed by atoms with Crippen LogP contribution >= 0.6 is 34.8 Å². The molecular weight excluding hydrogens is 378 g/mol. The molecule has 23 heavy (non-hydrogen) atoms. The van der Waals surface area contributed by atoms with Crippen LogP contribution in [-0.4, -0.2) is 98.0 Å². The predicted molar refractivity (Wildman–Crippen MR) is 79.5 cm³/mol. The van der Waals surface area contributed by atoms with E-state index < -0.39 is 66.6 Å². The monoisotopic (exact) mass is 396 g/mol. The third kappa shape index (κ3) is 3.58. The van der Waals surface area contributed by atoms with E-state index in [4.69, 9.17) is 49.0 Å². The van der Waals surface area contributed by atoms with E-state index >= 15 is 0 Å². The van der Waals surface area contributed by atoms with Crippen LogP contribution in [0, 0.1) is 0 Å². The van der Waals surface area contributed by atoms with Crippen molar-refractivity contribution in [1.82, 2.24) is 0 Å². The summed E-state index contributed by atoms with van der Waals surface area (Å²) < 4.78 is 16.1. The fourth-order valence-electron chi connectivity index (χ4n) is 2.56. The Morgan fingerprint density at radius 2 is 1.65 bits per heavy atom. The van der Waals surface area contributed by atoms with Crippen LogP contribution in [0.15, 0.2) is 0 Å². The zero-order chi connectivity index (χ0) is 17.4. The van der Waals surface area contributed by atoms with Gasteiger partial charge in [0.05, 0.1) is 23.7 Å². The van der Waals surface area contributed by atoms with Crippen molar-refractivity contribution >= 4 is 34.8 Å². The van der Waals surface area contributed by atoms with Crippen molar-refractivity contribution < 1.29 is 39.7 Å². The highest BCUT2D eigenvalue weighted by Gasteiger charge is 2.58. The van der Waals surface area contributed by atoms with E-state index in [0.717, 1.165) is 0 Å². The summed E-state index contributed by atoms with van der Waals surface area (Å²) in [4.78, 5) is 0. The average Bonchev–Trinajstić information content (AvgIpc) is 2.80. The molecule has 0 aromatic rings. The Morgan fingerprint density at radius 3 is 2.13 bits per heavy atom. The maximum atomic E-state index is 10.1. The predicted octanol–water partition coefficient (Wildman–Crippen LogP) is -1.66. The Hall–Kier alpha value is 0.550. The lowest BCUT2D eigenvalue weighted by Crippen LogP contribution is -2.61. The first-order valence-electron chi connectivity index (χ1n) is 6.91. The lowest BCUT2D eigenvalue weighted by molar-refractivity contribution is -0.357. The molecule has 0 spiro atoms. The van der Waals surface area contributed by atoms with Crippen molar-refractivity contribution in [2.24, 2.45) is 0 Å². The van der Waals surface area contributed by atoms with E-state index in [2.05, 4.69) is 0 Å². The third-order valence-corrected chi connectivity index (χ3v) is 5.17. The van der Waals surface area contributed by atoms with E-state index in [1.807, 2.05) is 0 Å². The topological polar surface area (TPSA) is 129 Å². The summed E-state index contributed by atoms with van der Waals surface area (Å²) >= 11 is 17.3. The van der Waals surface area contributed by atoms with Gasteiger partial charge in [0.25, 0.3) is 0 Å². The van der Waals surface area contributed by atoms with Crippen LogP contribution in [0.25, 0.3) is 0 Å². The number of rotatable bonds is 5. The Bertz CT molecular complexity index is 403. The van der Waals surface area contributed by atoms with Crippen molar-refractivity contribution in [3.63, 3.8) is 0 Å². The third-order valence-electron chi connectivity index (χ3n) is 3.96. The molecule has 8 nitrogen and oxygen atoms in total. The summed E-state index contributed by atoms with van der Waals surface area (Å²) in [5, 5.41) is 48.1. The van der Waals surface area contributed by atoms with Crippen molar-refractivity contribution in [2.75, 3.05) is 18.4 Å². The summed E-state index contributed by atoms with van der Waals surface area (Å²) in [5.74, 6) is -2.43. The van der Waals surface area contributed by atoms with E-state index in [9.17, 15) is 25.5 Å². The minimum Gasteiger partial charge on any atom is -0.394 e. The molecule has 0 aliphatic carbocycles. The van der Waals surface area contributed by atoms with E-state index in [1.165, 1.54) is 0 Å². The first kappa shape index (κ1) is 19.9. The summed E-state index contributed by atoms with van der Waals surface area (Å²) in [6, 6.07) is 0. The van der Waals surface area contributed by atoms with Gasteiger partial charge in [-0.15, -0.1) is 34.8 Å². The van der Waals surface area contributed by atoms with E-state index in [1.54, 1.807) is 0 Å². The molecule has 2 fully saturated rings. The second-order valence-electron chi connectivity index (χ2n) is 5.46. The number of halogens is 3. The number of hydrogen-bond acceptors (Lipinski definition) is 8. The molecule has 0 unspecified atom stereocenters. The second-order valence-corrected chi connectivity index (χ2v) is 6.54. The van der Waals surface area contributed by atoms with E-state index in [0.29, 0.717) is 0 Å². The molecule has 11 heteroatoms. The first-order chi connectivity index (χ1) is 10.8. The summed E-state index contributed by atoms with van der Waals surface area (Å²) in [6.07, 6.45) is -9.39. The van der Waals surface area contributed by atoms with Gasteiger partial charge in [-0.1, -0.05) is 0 Å². The van der Waals surface area contributed by atoms with Crippen LogP contribution in [0.1, 0.15) is 0 Å². The quantitative estimate of drug-likeness (QED) is 0.349. The molecule has 2 saturated heterocycles. The van der Waals surface area contributed by atoms with Gasteiger partial charge < -0.3 is 39.7 Å². The highest BCUT2D eigenvalue weighted by molar-refractivity contribution is 6.21. The van der Waals surface area contributed by atoms with Crippen LogP contribution in [0.4, 0.5) is 0 Å². The number of aliphatic hydroxyl groups is 5. The summed E-state index contributed by atoms with van der Waals surface area (Å²) in [7, 11) is 0. The normalized spacial score (nSPS) is 51.1. The fourth-order valence-corrected chi connectivity index (χ4v) is 3.37. The van der Waals surface area contributed by atoms with Gasteiger partial charge in [0.1, 0.15) is 36.6 Å². The van der Waals surface area contributed by atoms with Gasteiger partial charge in [0.15, 0.2) is 6.29 Å².